The van der Waals surface area contributed by atoms with E-state index in [4.69, 9.17) is 0 Å². The highest BCUT2D eigenvalue weighted by molar-refractivity contribution is 6.10. The molecule has 3 heterocycles. The zero-order valence-corrected chi connectivity index (χ0v) is 14.5. The van der Waals surface area contributed by atoms with E-state index in [9.17, 15) is 10.1 Å². The maximum atomic E-state index is 13.1. The van der Waals surface area contributed by atoms with Crippen LogP contribution in [0.2, 0.25) is 0 Å². The Bertz CT molecular complexity index is 955. The summed E-state index contributed by atoms with van der Waals surface area (Å²) in [5.41, 5.74) is 2.32. The van der Waals surface area contributed by atoms with E-state index in [-0.39, 0.29) is 11.8 Å². The Morgan fingerprint density at radius 2 is 2.20 bits per heavy atom. The van der Waals surface area contributed by atoms with Gasteiger partial charge in [0.15, 0.2) is 17.3 Å². The van der Waals surface area contributed by atoms with Crippen LogP contribution in [0.4, 0.5) is 0 Å². The number of Topliss-reactive ketones (excluding diaryl/α,β-unsaturated/α-hetero) is 1. The summed E-state index contributed by atoms with van der Waals surface area (Å²) in [7, 11) is 0. The number of carbonyl (C=O) groups is 1. The van der Waals surface area contributed by atoms with Crippen LogP contribution in [-0.4, -0.2) is 25.5 Å². The molecule has 3 aromatic heterocycles. The van der Waals surface area contributed by atoms with E-state index >= 15 is 0 Å². The predicted octanol–water partition coefficient (Wildman–Crippen LogP) is 3.60. The monoisotopic (exact) mass is 333 g/mol. The van der Waals surface area contributed by atoms with E-state index in [0.29, 0.717) is 22.3 Å². The van der Waals surface area contributed by atoms with Gasteiger partial charge in [0.05, 0.1) is 24.0 Å². The van der Waals surface area contributed by atoms with Crippen molar-refractivity contribution in [2.75, 3.05) is 0 Å². The molecule has 2 atom stereocenters. The number of hydrogen-bond acceptors (Lipinski definition) is 5. The second-order valence-corrected chi connectivity index (χ2v) is 6.08. The van der Waals surface area contributed by atoms with Crippen molar-refractivity contribution in [2.45, 2.75) is 39.2 Å². The number of nitrogens with zero attached hydrogens (tertiary/aromatic N) is 5. The molecule has 0 unspecified atom stereocenters. The lowest BCUT2D eigenvalue weighted by molar-refractivity contribution is 0.0979. The first kappa shape index (κ1) is 16.8. The highest BCUT2D eigenvalue weighted by Crippen LogP contribution is 2.26. The third-order valence-electron chi connectivity index (χ3n) is 4.34. The van der Waals surface area contributed by atoms with Gasteiger partial charge in [0.2, 0.25) is 0 Å². The fraction of sp³-hybridized carbons (Fsp3) is 0.316. The van der Waals surface area contributed by atoms with Crippen molar-refractivity contribution in [1.82, 2.24) is 19.7 Å². The first-order chi connectivity index (χ1) is 12.1. The second kappa shape index (κ2) is 6.81. The summed E-state index contributed by atoms with van der Waals surface area (Å²) in [4.78, 5) is 21.8. The van der Waals surface area contributed by atoms with Crippen LogP contribution in [0.15, 0.2) is 36.7 Å². The van der Waals surface area contributed by atoms with Gasteiger partial charge in [-0.2, -0.15) is 10.4 Å². The SMILES string of the molecule is CC[C@@H](C)n1ncc2c(C(=O)[C@H](C#N)c3ccccn3)cc(C)nc21. The first-order valence-corrected chi connectivity index (χ1v) is 8.26. The van der Waals surface area contributed by atoms with Crippen LogP contribution < -0.4 is 0 Å². The van der Waals surface area contributed by atoms with Crippen molar-refractivity contribution >= 4 is 16.8 Å². The minimum atomic E-state index is -0.946. The quantitative estimate of drug-likeness (QED) is 0.666. The van der Waals surface area contributed by atoms with Crippen molar-refractivity contribution in [3.8, 4) is 6.07 Å². The number of nitriles is 1. The Morgan fingerprint density at radius 3 is 2.84 bits per heavy atom. The second-order valence-electron chi connectivity index (χ2n) is 6.08. The Labute approximate surface area is 146 Å². The summed E-state index contributed by atoms with van der Waals surface area (Å²) in [6, 6.07) is 9.21. The molecule has 0 saturated heterocycles. The van der Waals surface area contributed by atoms with Crippen LogP contribution in [0.25, 0.3) is 11.0 Å². The van der Waals surface area contributed by atoms with Crippen molar-refractivity contribution in [1.29, 1.82) is 5.26 Å². The molecule has 126 valence electrons. The number of aromatic nitrogens is 4. The summed E-state index contributed by atoms with van der Waals surface area (Å²) >= 11 is 0. The van der Waals surface area contributed by atoms with Gasteiger partial charge >= 0.3 is 0 Å². The van der Waals surface area contributed by atoms with Crippen molar-refractivity contribution in [2.24, 2.45) is 0 Å². The molecule has 0 aliphatic rings. The highest BCUT2D eigenvalue weighted by Gasteiger charge is 2.26. The zero-order valence-electron chi connectivity index (χ0n) is 14.5. The van der Waals surface area contributed by atoms with E-state index in [0.717, 1.165) is 12.1 Å². The molecule has 0 N–H and O–H groups in total. The molecular formula is C19H19N5O. The molecule has 3 aromatic rings. The van der Waals surface area contributed by atoms with Gasteiger partial charge < -0.3 is 0 Å². The molecule has 0 aliphatic heterocycles. The van der Waals surface area contributed by atoms with Crippen molar-refractivity contribution in [3.63, 3.8) is 0 Å². The van der Waals surface area contributed by atoms with Gasteiger partial charge in [0.25, 0.3) is 0 Å². The van der Waals surface area contributed by atoms with Crippen molar-refractivity contribution < 1.29 is 4.79 Å². The number of aryl methyl sites for hydroxylation is 1. The number of fused-ring (bicyclic) bond motifs is 1. The molecule has 0 amide bonds. The van der Waals surface area contributed by atoms with Crippen LogP contribution in [-0.2, 0) is 0 Å². The molecule has 0 radical (unpaired) electrons. The van der Waals surface area contributed by atoms with Gasteiger partial charge in [-0.05, 0) is 38.5 Å². The van der Waals surface area contributed by atoms with E-state index in [1.165, 1.54) is 0 Å². The number of carbonyl (C=O) groups excluding carboxylic acids is 1. The number of hydrogen-bond donors (Lipinski definition) is 0. The average Bonchev–Trinajstić information content (AvgIpc) is 3.05. The third kappa shape index (κ3) is 3.01. The van der Waals surface area contributed by atoms with E-state index in [2.05, 4.69) is 35.0 Å². The summed E-state index contributed by atoms with van der Waals surface area (Å²) in [6.07, 6.45) is 4.15. The maximum absolute atomic E-state index is 13.1. The third-order valence-corrected chi connectivity index (χ3v) is 4.34. The zero-order chi connectivity index (χ0) is 18.0. The summed E-state index contributed by atoms with van der Waals surface area (Å²) in [5.74, 6) is -1.22. The largest absolute Gasteiger partial charge is 0.292 e. The molecule has 6 nitrogen and oxygen atoms in total. The Kier molecular flexibility index (Phi) is 4.57. The standard InChI is InChI=1S/C19H19N5O/c1-4-13(3)24-19-16(11-22-24)14(9-12(2)23-19)18(25)15(10-20)17-7-5-6-8-21-17/h5-9,11,13,15H,4H2,1-3H3/t13-,15-/m1/s1. The summed E-state index contributed by atoms with van der Waals surface area (Å²) in [6.45, 7) is 5.98. The van der Waals surface area contributed by atoms with Crippen molar-refractivity contribution in [3.05, 3.63) is 53.6 Å². The van der Waals surface area contributed by atoms with Crippen LogP contribution in [0.1, 0.15) is 54.0 Å². The predicted molar refractivity (Wildman–Crippen MR) is 94.2 cm³/mol. The number of ketones is 1. The molecule has 3 rings (SSSR count). The lowest BCUT2D eigenvalue weighted by Gasteiger charge is -2.12. The van der Waals surface area contributed by atoms with E-state index in [1.807, 2.05) is 11.6 Å². The number of pyridine rings is 2. The molecule has 0 aliphatic carbocycles. The lowest BCUT2D eigenvalue weighted by Crippen LogP contribution is -2.14. The molecule has 0 fully saturated rings. The van der Waals surface area contributed by atoms with Gasteiger partial charge in [-0.1, -0.05) is 13.0 Å². The smallest absolute Gasteiger partial charge is 0.186 e. The minimum Gasteiger partial charge on any atom is -0.292 e. The summed E-state index contributed by atoms with van der Waals surface area (Å²) in [5, 5.41) is 14.6. The molecule has 25 heavy (non-hydrogen) atoms. The van der Waals surface area contributed by atoms with Gasteiger partial charge in [-0.25, -0.2) is 9.67 Å². The Balaban J connectivity index is 2.13. The maximum Gasteiger partial charge on any atom is 0.186 e. The van der Waals surface area contributed by atoms with Crippen LogP contribution >= 0.6 is 0 Å². The average molecular weight is 333 g/mol. The van der Waals surface area contributed by atoms with Gasteiger partial charge in [-0.3, -0.25) is 9.78 Å². The summed E-state index contributed by atoms with van der Waals surface area (Å²) < 4.78 is 1.83. The number of rotatable bonds is 5. The lowest BCUT2D eigenvalue weighted by atomic mass is 9.94. The molecule has 0 spiro atoms. The van der Waals surface area contributed by atoms with Gasteiger partial charge in [0.1, 0.15) is 0 Å². The fourth-order valence-corrected chi connectivity index (χ4v) is 2.80. The molecular weight excluding hydrogens is 314 g/mol. The molecule has 6 heteroatoms. The van der Waals surface area contributed by atoms with E-state index < -0.39 is 5.92 Å². The Hall–Kier alpha value is -3.07. The van der Waals surface area contributed by atoms with Crippen LogP contribution in [0.3, 0.4) is 0 Å². The molecule has 0 aromatic carbocycles. The Morgan fingerprint density at radius 1 is 1.40 bits per heavy atom. The van der Waals surface area contributed by atoms with E-state index in [1.54, 1.807) is 36.7 Å². The first-order valence-electron chi connectivity index (χ1n) is 8.26. The molecule has 0 bridgehead atoms. The minimum absolute atomic E-state index is 0.178. The van der Waals surface area contributed by atoms with Crippen LogP contribution in [0, 0.1) is 18.3 Å². The molecule has 0 saturated carbocycles. The fourth-order valence-electron chi connectivity index (χ4n) is 2.80. The van der Waals surface area contributed by atoms with Gasteiger partial charge in [0, 0.05) is 22.8 Å². The normalized spacial score (nSPS) is 13.4. The highest BCUT2D eigenvalue weighted by atomic mass is 16.1. The van der Waals surface area contributed by atoms with Gasteiger partial charge in [-0.15, -0.1) is 0 Å². The topological polar surface area (TPSA) is 84.5 Å². The van der Waals surface area contributed by atoms with Crippen LogP contribution in [0.5, 0.6) is 0 Å².